The molecule has 21 heavy (non-hydrogen) atoms. The number of aliphatic carboxylic acids is 1. The van der Waals surface area contributed by atoms with Crippen LogP contribution in [-0.4, -0.2) is 41.5 Å². The third-order valence-electron chi connectivity index (χ3n) is 3.02. The molecule has 0 aliphatic rings. The molecule has 0 unspecified atom stereocenters. The molecule has 3 N–H and O–H groups in total. The number of aliphatic hydroxyl groups is 1. The van der Waals surface area contributed by atoms with E-state index in [0.29, 0.717) is 24.6 Å². The van der Waals surface area contributed by atoms with E-state index < -0.39 is 12.1 Å². The van der Waals surface area contributed by atoms with Gasteiger partial charge in [-0.15, -0.1) is 0 Å². The molecule has 0 saturated carbocycles. The number of benzene rings is 1. The molecule has 0 aromatic heterocycles. The van der Waals surface area contributed by atoms with Crippen LogP contribution >= 0.6 is 0 Å². The summed E-state index contributed by atoms with van der Waals surface area (Å²) in [6.45, 7) is 5.15. The highest BCUT2D eigenvalue weighted by atomic mass is 16.5. The Bertz CT molecular complexity index is 417. The van der Waals surface area contributed by atoms with Crippen molar-refractivity contribution in [3.05, 3.63) is 29.8 Å². The Morgan fingerprint density at radius 1 is 1.29 bits per heavy atom. The minimum absolute atomic E-state index is 0.127. The Hall–Kier alpha value is -1.59. The van der Waals surface area contributed by atoms with Crippen LogP contribution in [0.25, 0.3) is 0 Å². The van der Waals surface area contributed by atoms with Gasteiger partial charge in [-0.2, -0.15) is 0 Å². The van der Waals surface area contributed by atoms with Crippen LogP contribution in [0.3, 0.4) is 0 Å². The molecule has 5 nitrogen and oxygen atoms in total. The normalized spacial score (nSPS) is 12.4. The van der Waals surface area contributed by atoms with Crippen molar-refractivity contribution in [1.82, 2.24) is 5.32 Å². The Balaban J connectivity index is 2.27. The average Bonchev–Trinajstić information content (AvgIpc) is 2.43. The predicted molar refractivity (Wildman–Crippen MR) is 81.7 cm³/mol. The number of aliphatic hydroxyl groups excluding tert-OH is 1. The highest BCUT2D eigenvalue weighted by Gasteiger charge is 2.06. The molecule has 0 amide bonds. The van der Waals surface area contributed by atoms with Crippen LogP contribution in [0.15, 0.2) is 24.3 Å². The number of nitrogens with one attached hydrogen (secondary N) is 1. The molecule has 0 aliphatic carbocycles. The van der Waals surface area contributed by atoms with Crippen molar-refractivity contribution < 1.29 is 19.7 Å². The number of aryl methyl sites for hydroxylation is 1. The predicted octanol–water partition coefficient (Wildman–Crippen LogP) is 1.83. The highest BCUT2D eigenvalue weighted by Crippen LogP contribution is 2.14. The van der Waals surface area contributed by atoms with Crippen molar-refractivity contribution in [1.29, 1.82) is 0 Å². The van der Waals surface area contributed by atoms with Crippen molar-refractivity contribution in [3.8, 4) is 5.75 Å². The van der Waals surface area contributed by atoms with Gasteiger partial charge in [-0.25, -0.2) is 0 Å². The molecular weight excluding hydrogens is 270 g/mol. The Morgan fingerprint density at radius 2 is 1.95 bits per heavy atom. The van der Waals surface area contributed by atoms with Crippen LogP contribution in [0.1, 0.15) is 32.3 Å². The molecule has 1 atom stereocenters. The summed E-state index contributed by atoms with van der Waals surface area (Å²) in [6.07, 6.45) is 0.790. The molecule has 1 rings (SSSR count). The van der Waals surface area contributed by atoms with E-state index in [1.165, 1.54) is 0 Å². The summed E-state index contributed by atoms with van der Waals surface area (Å²) < 4.78 is 5.51. The van der Waals surface area contributed by atoms with Crippen LogP contribution < -0.4 is 10.1 Å². The maximum atomic E-state index is 10.5. The van der Waals surface area contributed by atoms with Crippen LogP contribution in [0.2, 0.25) is 0 Å². The molecule has 0 heterocycles. The first-order chi connectivity index (χ1) is 9.97. The summed E-state index contributed by atoms with van der Waals surface area (Å²) in [6, 6.07) is 7.72. The molecule has 0 fully saturated rings. The van der Waals surface area contributed by atoms with Crippen molar-refractivity contribution in [2.45, 2.75) is 45.3 Å². The molecule has 1 aromatic carbocycles. The Morgan fingerprint density at radius 3 is 2.52 bits per heavy atom. The monoisotopic (exact) mass is 295 g/mol. The summed E-state index contributed by atoms with van der Waals surface area (Å²) in [7, 11) is 0. The van der Waals surface area contributed by atoms with Gasteiger partial charge >= 0.3 is 5.97 Å². The minimum atomic E-state index is -0.798. The fourth-order valence-corrected chi connectivity index (χ4v) is 1.82. The zero-order chi connectivity index (χ0) is 15.7. The van der Waals surface area contributed by atoms with Crippen molar-refractivity contribution in [2.24, 2.45) is 0 Å². The smallest absolute Gasteiger partial charge is 0.303 e. The number of rotatable bonds is 10. The molecular formula is C16H25NO4. The first-order valence-corrected chi connectivity index (χ1v) is 7.32. The van der Waals surface area contributed by atoms with E-state index >= 15 is 0 Å². The first kappa shape index (κ1) is 17.5. The second kappa shape index (κ2) is 9.37. The quantitative estimate of drug-likeness (QED) is 0.614. The number of carboxylic acids is 1. The lowest BCUT2D eigenvalue weighted by molar-refractivity contribution is -0.136. The van der Waals surface area contributed by atoms with E-state index in [-0.39, 0.29) is 13.0 Å². The van der Waals surface area contributed by atoms with E-state index in [0.717, 1.165) is 12.1 Å². The minimum Gasteiger partial charge on any atom is -0.491 e. The van der Waals surface area contributed by atoms with Gasteiger partial charge in [0.1, 0.15) is 12.4 Å². The Labute approximate surface area is 125 Å². The highest BCUT2D eigenvalue weighted by molar-refractivity contribution is 5.67. The average molecular weight is 295 g/mol. The summed E-state index contributed by atoms with van der Waals surface area (Å²) >= 11 is 0. The van der Waals surface area contributed by atoms with E-state index in [9.17, 15) is 9.90 Å². The fraction of sp³-hybridized carbons (Fsp3) is 0.562. The van der Waals surface area contributed by atoms with Gasteiger partial charge < -0.3 is 20.3 Å². The van der Waals surface area contributed by atoms with Gasteiger partial charge in [-0.05, 0) is 37.1 Å². The van der Waals surface area contributed by atoms with Gasteiger partial charge in [0, 0.05) is 12.5 Å². The van der Waals surface area contributed by atoms with Gasteiger partial charge in [0.2, 0.25) is 0 Å². The summed E-state index contributed by atoms with van der Waals surface area (Å²) in [5, 5.41) is 21.7. The van der Waals surface area contributed by atoms with E-state index in [4.69, 9.17) is 9.84 Å². The molecule has 118 valence electrons. The molecule has 5 heteroatoms. The maximum Gasteiger partial charge on any atom is 0.303 e. The van der Waals surface area contributed by atoms with Crippen LogP contribution in [0, 0.1) is 0 Å². The molecule has 0 aliphatic heterocycles. The lowest BCUT2D eigenvalue weighted by Crippen LogP contribution is -2.28. The molecule has 0 spiro atoms. The van der Waals surface area contributed by atoms with Crippen molar-refractivity contribution in [3.63, 3.8) is 0 Å². The third-order valence-corrected chi connectivity index (χ3v) is 3.02. The van der Waals surface area contributed by atoms with Gasteiger partial charge in [0.15, 0.2) is 0 Å². The fourth-order valence-electron chi connectivity index (χ4n) is 1.82. The second-order valence-electron chi connectivity index (χ2n) is 5.40. The molecule has 0 radical (unpaired) electrons. The summed E-state index contributed by atoms with van der Waals surface area (Å²) in [4.78, 5) is 10.5. The molecule has 1 aromatic rings. The third kappa shape index (κ3) is 8.32. The van der Waals surface area contributed by atoms with Crippen LogP contribution in [0.5, 0.6) is 5.75 Å². The summed E-state index contributed by atoms with van der Waals surface area (Å²) in [5.41, 5.74) is 0.964. The first-order valence-electron chi connectivity index (χ1n) is 7.32. The van der Waals surface area contributed by atoms with Gasteiger partial charge in [-0.3, -0.25) is 4.79 Å². The maximum absolute atomic E-state index is 10.5. The van der Waals surface area contributed by atoms with Gasteiger partial charge in [0.25, 0.3) is 0 Å². The standard InChI is InChI=1S/C16H25NO4/c1-12(2)17-10-9-14(18)11-21-15-6-3-13(4-7-15)5-8-16(19)20/h3-4,6-7,12,14,17-18H,5,8-11H2,1-2H3,(H,19,20)/t14-/m0/s1. The zero-order valence-corrected chi connectivity index (χ0v) is 12.7. The topological polar surface area (TPSA) is 78.8 Å². The number of hydrogen-bond acceptors (Lipinski definition) is 4. The summed E-state index contributed by atoms with van der Waals surface area (Å²) in [5.74, 6) is -0.113. The lowest BCUT2D eigenvalue weighted by atomic mass is 10.1. The number of carbonyl (C=O) groups is 1. The van der Waals surface area contributed by atoms with E-state index in [2.05, 4.69) is 19.2 Å². The number of hydrogen-bond donors (Lipinski definition) is 3. The lowest BCUT2D eigenvalue weighted by Gasteiger charge is -2.14. The second-order valence-corrected chi connectivity index (χ2v) is 5.40. The zero-order valence-electron chi connectivity index (χ0n) is 12.7. The van der Waals surface area contributed by atoms with Gasteiger partial charge in [0.05, 0.1) is 6.10 Å². The van der Waals surface area contributed by atoms with Crippen LogP contribution in [0.4, 0.5) is 0 Å². The molecule has 0 bridgehead atoms. The SMILES string of the molecule is CC(C)NCC[C@H](O)COc1ccc(CCC(=O)O)cc1. The van der Waals surface area contributed by atoms with E-state index in [1.807, 2.05) is 12.1 Å². The number of carboxylic acid groups (broad SMARTS) is 1. The van der Waals surface area contributed by atoms with Crippen LogP contribution in [-0.2, 0) is 11.2 Å². The van der Waals surface area contributed by atoms with E-state index in [1.54, 1.807) is 12.1 Å². The Kier molecular flexibility index (Phi) is 7.79. The van der Waals surface area contributed by atoms with Crippen molar-refractivity contribution >= 4 is 5.97 Å². The molecule has 0 saturated heterocycles. The van der Waals surface area contributed by atoms with Gasteiger partial charge in [-0.1, -0.05) is 26.0 Å². The largest absolute Gasteiger partial charge is 0.491 e. The number of ether oxygens (including phenoxy) is 1. The van der Waals surface area contributed by atoms with Crippen molar-refractivity contribution in [2.75, 3.05) is 13.2 Å².